The SMILES string of the molecule is CC1(C)C(=O)N(c2cc(C(F)(F)F)ccn2)CC12CCNCC2. The molecule has 0 aromatic carbocycles. The highest BCUT2D eigenvalue weighted by Crippen LogP contribution is 2.53. The Labute approximate surface area is 133 Å². The van der Waals surface area contributed by atoms with Crippen molar-refractivity contribution >= 4 is 11.7 Å². The standard InChI is InChI=1S/C16H20F3N3O/c1-14(2)13(23)22(10-15(14)4-7-20-8-5-15)12-9-11(3-6-21-12)16(17,18)19/h3,6,9,20H,4-5,7-8,10H2,1-2H3. The summed E-state index contributed by atoms with van der Waals surface area (Å²) in [5.41, 5.74) is -1.60. The van der Waals surface area contributed by atoms with E-state index in [9.17, 15) is 18.0 Å². The predicted molar refractivity (Wildman–Crippen MR) is 79.9 cm³/mol. The highest BCUT2D eigenvalue weighted by atomic mass is 19.4. The van der Waals surface area contributed by atoms with Gasteiger partial charge in [-0.05, 0) is 38.1 Å². The van der Waals surface area contributed by atoms with Gasteiger partial charge >= 0.3 is 6.18 Å². The first-order valence-corrected chi connectivity index (χ1v) is 7.73. The molecule has 2 aliphatic rings. The normalized spacial score (nSPS) is 23.5. The van der Waals surface area contributed by atoms with Gasteiger partial charge in [-0.15, -0.1) is 0 Å². The van der Waals surface area contributed by atoms with E-state index in [1.165, 1.54) is 4.90 Å². The third-order valence-electron chi connectivity index (χ3n) is 5.48. The number of halogens is 3. The summed E-state index contributed by atoms with van der Waals surface area (Å²) in [6, 6.07) is 1.89. The maximum absolute atomic E-state index is 12.9. The lowest BCUT2D eigenvalue weighted by Gasteiger charge is -2.41. The maximum atomic E-state index is 12.9. The Balaban J connectivity index is 1.97. The lowest BCUT2D eigenvalue weighted by atomic mass is 9.63. The smallest absolute Gasteiger partial charge is 0.317 e. The second-order valence-corrected chi connectivity index (χ2v) is 6.95. The van der Waals surface area contributed by atoms with Crippen molar-refractivity contribution in [1.82, 2.24) is 10.3 Å². The van der Waals surface area contributed by atoms with E-state index >= 15 is 0 Å². The molecule has 0 atom stereocenters. The average molecular weight is 327 g/mol. The molecular formula is C16H20F3N3O. The first-order chi connectivity index (χ1) is 10.7. The zero-order valence-electron chi connectivity index (χ0n) is 13.2. The van der Waals surface area contributed by atoms with E-state index in [-0.39, 0.29) is 17.1 Å². The summed E-state index contributed by atoms with van der Waals surface area (Å²) in [4.78, 5) is 18.3. The molecule has 7 heteroatoms. The van der Waals surface area contributed by atoms with Crippen LogP contribution < -0.4 is 10.2 Å². The first kappa shape index (κ1) is 16.2. The average Bonchev–Trinajstić information content (AvgIpc) is 2.69. The number of anilines is 1. The second-order valence-electron chi connectivity index (χ2n) is 6.95. The topological polar surface area (TPSA) is 45.2 Å². The molecule has 126 valence electrons. The summed E-state index contributed by atoms with van der Waals surface area (Å²) >= 11 is 0. The monoisotopic (exact) mass is 327 g/mol. The van der Waals surface area contributed by atoms with Gasteiger partial charge in [-0.2, -0.15) is 13.2 Å². The quantitative estimate of drug-likeness (QED) is 0.863. The van der Waals surface area contributed by atoms with Crippen LogP contribution in [0.4, 0.5) is 19.0 Å². The van der Waals surface area contributed by atoms with Gasteiger partial charge in [0.15, 0.2) is 0 Å². The second kappa shape index (κ2) is 5.19. The lowest BCUT2D eigenvalue weighted by molar-refractivity contribution is -0.137. The number of nitrogens with zero attached hydrogens (tertiary/aromatic N) is 2. The first-order valence-electron chi connectivity index (χ1n) is 7.73. The largest absolute Gasteiger partial charge is 0.416 e. The molecule has 1 N–H and O–H groups in total. The number of amides is 1. The van der Waals surface area contributed by atoms with Crippen LogP contribution in [0.2, 0.25) is 0 Å². The van der Waals surface area contributed by atoms with E-state index in [0.717, 1.165) is 44.3 Å². The Morgan fingerprint density at radius 2 is 1.91 bits per heavy atom. The van der Waals surface area contributed by atoms with Crippen LogP contribution in [0.25, 0.3) is 0 Å². The molecule has 1 amide bonds. The zero-order valence-corrected chi connectivity index (χ0v) is 13.2. The fraction of sp³-hybridized carbons (Fsp3) is 0.625. The van der Waals surface area contributed by atoms with Gasteiger partial charge in [0.25, 0.3) is 0 Å². The number of carbonyl (C=O) groups excluding carboxylic acids is 1. The molecule has 3 heterocycles. The third kappa shape index (κ3) is 2.51. The van der Waals surface area contributed by atoms with Gasteiger partial charge in [0.1, 0.15) is 5.82 Å². The van der Waals surface area contributed by atoms with Gasteiger partial charge in [0.2, 0.25) is 5.91 Å². The van der Waals surface area contributed by atoms with E-state index < -0.39 is 17.2 Å². The summed E-state index contributed by atoms with van der Waals surface area (Å²) in [6.45, 7) is 5.86. The number of nitrogens with one attached hydrogen (secondary N) is 1. The minimum absolute atomic E-state index is 0.0910. The van der Waals surface area contributed by atoms with E-state index in [2.05, 4.69) is 10.3 Å². The summed E-state index contributed by atoms with van der Waals surface area (Å²) in [5.74, 6) is -0.0560. The molecule has 1 spiro atoms. The number of hydrogen-bond acceptors (Lipinski definition) is 3. The molecule has 0 unspecified atom stereocenters. The Morgan fingerprint density at radius 3 is 2.52 bits per heavy atom. The minimum atomic E-state index is -4.44. The van der Waals surface area contributed by atoms with Crippen molar-refractivity contribution in [2.24, 2.45) is 10.8 Å². The van der Waals surface area contributed by atoms with E-state index in [1.54, 1.807) is 0 Å². The number of carbonyl (C=O) groups is 1. The highest BCUT2D eigenvalue weighted by Gasteiger charge is 2.58. The van der Waals surface area contributed by atoms with E-state index in [0.29, 0.717) is 6.54 Å². The Morgan fingerprint density at radius 1 is 1.26 bits per heavy atom. The van der Waals surface area contributed by atoms with Crippen molar-refractivity contribution in [2.45, 2.75) is 32.9 Å². The predicted octanol–water partition coefficient (Wildman–Crippen LogP) is 2.84. The molecule has 0 saturated carbocycles. The molecular weight excluding hydrogens is 307 g/mol. The van der Waals surface area contributed by atoms with Crippen molar-refractivity contribution in [2.75, 3.05) is 24.5 Å². The van der Waals surface area contributed by atoms with Gasteiger partial charge < -0.3 is 5.32 Å². The van der Waals surface area contributed by atoms with Crippen LogP contribution in [-0.4, -0.2) is 30.5 Å². The van der Waals surface area contributed by atoms with Crippen LogP contribution in [-0.2, 0) is 11.0 Å². The van der Waals surface area contributed by atoms with Crippen molar-refractivity contribution in [3.05, 3.63) is 23.9 Å². The lowest BCUT2D eigenvalue weighted by Crippen LogP contribution is -2.46. The van der Waals surface area contributed by atoms with Crippen molar-refractivity contribution < 1.29 is 18.0 Å². The molecule has 2 saturated heterocycles. The van der Waals surface area contributed by atoms with Gasteiger partial charge in [0.05, 0.1) is 11.0 Å². The number of alkyl halides is 3. The van der Waals surface area contributed by atoms with E-state index in [4.69, 9.17) is 0 Å². The Bertz CT molecular complexity index is 621. The van der Waals surface area contributed by atoms with Crippen molar-refractivity contribution in [1.29, 1.82) is 0 Å². The zero-order chi connectivity index (χ0) is 16.9. The molecule has 23 heavy (non-hydrogen) atoms. The molecule has 1 aromatic rings. The number of aromatic nitrogens is 1. The number of rotatable bonds is 1. The minimum Gasteiger partial charge on any atom is -0.317 e. The van der Waals surface area contributed by atoms with Crippen molar-refractivity contribution in [3.8, 4) is 0 Å². The van der Waals surface area contributed by atoms with E-state index in [1.807, 2.05) is 13.8 Å². The maximum Gasteiger partial charge on any atom is 0.416 e. The number of piperidine rings is 1. The van der Waals surface area contributed by atoms with Crippen LogP contribution in [0.1, 0.15) is 32.3 Å². The fourth-order valence-electron chi connectivity index (χ4n) is 3.75. The van der Waals surface area contributed by atoms with Gasteiger partial charge in [-0.25, -0.2) is 4.98 Å². The molecule has 2 aliphatic heterocycles. The molecule has 4 nitrogen and oxygen atoms in total. The molecule has 0 radical (unpaired) electrons. The van der Waals surface area contributed by atoms with Gasteiger partial charge in [-0.3, -0.25) is 9.69 Å². The van der Waals surface area contributed by atoms with Crippen LogP contribution in [0, 0.1) is 10.8 Å². The Kier molecular flexibility index (Phi) is 3.66. The van der Waals surface area contributed by atoms with Crippen LogP contribution in [0.3, 0.4) is 0 Å². The molecule has 1 aromatic heterocycles. The molecule has 3 rings (SSSR count). The van der Waals surface area contributed by atoms with Gasteiger partial charge in [-0.1, -0.05) is 13.8 Å². The Hall–Kier alpha value is -1.63. The fourth-order valence-corrected chi connectivity index (χ4v) is 3.75. The van der Waals surface area contributed by atoms with Crippen LogP contribution in [0.15, 0.2) is 18.3 Å². The highest BCUT2D eigenvalue weighted by molar-refractivity contribution is 5.99. The number of hydrogen-bond donors (Lipinski definition) is 1. The molecule has 0 aliphatic carbocycles. The van der Waals surface area contributed by atoms with Gasteiger partial charge in [0, 0.05) is 18.2 Å². The summed E-state index contributed by atoms with van der Waals surface area (Å²) in [5, 5.41) is 3.28. The molecule has 2 fully saturated rings. The van der Waals surface area contributed by atoms with Crippen LogP contribution >= 0.6 is 0 Å². The summed E-state index contributed by atoms with van der Waals surface area (Å²) in [6.07, 6.45) is -1.66. The van der Waals surface area contributed by atoms with Crippen LogP contribution in [0.5, 0.6) is 0 Å². The number of pyridine rings is 1. The third-order valence-corrected chi connectivity index (χ3v) is 5.48. The summed E-state index contributed by atoms with van der Waals surface area (Å²) in [7, 11) is 0. The van der Waals surface area contributed by atoms with Crippen molar-refractivity contribution in [3.63, 3.8) is 0 Å². The molecule has 0 bridgehead atoms. The summed E-state index contributed by atoms with van der Waals surface area (Å²) < 4.78 is 38.7.